The number of nitrogens with zero attached hydrogens (tertiary/aromatic N) is 3. The molecule has 2 heterocycles. The zero-order valence-electron chi connectivity index (χ0n) is 13.9. The van der Waals surface area contributed by atoms with Crippen molar-refractivity contribution in [2.75, 3.05) is 5.32 Å². The van der Waals surface area contributed by atoms with Crippen LogP contribution in [-0.4, -0.2) is 26.5 Å². The van der Waals surface area contributed by atoms with Gasteiger partial charge in [0.25, 0.3) is 0 Å². The van der Waals surface area contributed by atoms with E-state index in [-0.39, 0.29) is 28.5 Å². The monoisotopic (exact) mass is 359 g/mol. The Morgan fingerprint density at radius 3 is 2.74 bits per heavy atom. The molecule has 0 bridgehead atoms. The Bertz CT molecular complexity index is 1180. The van der Waals surface area contributed by atoms with Crippen molar-refractivity contribution in [1.29, 1.82) is 0 Å². The van der Waals surface area contributed by atoms with Gasteiger partial charge in [-0.2, -0.15) is 0 Å². The van der Waals surface area contributed by atoms with Crippen LogP contribution in [0.1, 0.15) is 5.56 Å². The smallest absolute Gasteiger partial charge is 0.248 e. The van der Waals surface area contributed by atoms with E-state index >= 15 is 0 Å². The maximum absolute atomic E-state index is 12.4. The van der Waals surface area contributed by atoms with Crippen molar-refractivity contribution in [3.63, 3.8) is 0 Å². The minimum Gasteiger partial charge on any atom is -0.450 e. The van der Waals surface area contributed by atoms with Gasteiger partial charge in [-0.25, -0.2) is 5.10 Å². The van der Waals surface area contributed by atoms with Crippen LogP contribution in [0.5, 0.6) is 0 Å². The highest BCUT2D eigenvalue weighted by molar-refractivity contribution is 6.06. The van der Waals surface area contributed by atoms with Crippen molar-refractivity contribution in [2.24, 2.45) is 0 Å². The Morgan fingerprint density at radius 1 is 1.11 bits per heavy atom. The fourth-order valence-corrected chi connectivity index (χ4v) is 2.57. The summed E-state index contributed by atoms with van der Waals surface area (Å²) in [5, 5.41) is 16.3. The number of H-pyrrole nitrogens is 1. The number of para-hydroxylation sites is 1. The molecular formula is C19H13N5O3. The van der Waals surface area contributed by atoms with Crippen LogP contribution in [0.3, 0.4) is 0 Å². The van der Waals surface area contributed by atoms with Crippen molar-refractivity contribution in [3.05, 3.63) is 76.5 Å². The molecule has 27 heavy (non-hydrogen) atoms. The molecule has 8 heteroatoms. The molecule has 0 radical (unpaired) electrons. The van der Waals surface area contributed by atoms with Gasteiger partial charge in [0.15, 0.2) is 16.8 Å². The summed E-state index contributed by atoms with van der Waals surface area (Å²) >= 11 is 0. The third-order valence-electron chi connectivity index (χ3n) is 3.82. The summed E-state index contributed by atoms with van der Waals surface area (Å²) in [6.45, 7) is 0. The molecule has 2 aromatic heterocycles. The van der Waals surface area contributed by atoms with Gasteiger partial charge in [-0.3, -0.25) is 9.59 Å². The number of amides is 1. The molecule has 4 rings (SSSR count). The number of nitrogens with one attached hydrogen (secondary N) is 2. The van der Waals surface area contributed by atoms with E-state index in [9.17, 15) is 9.59 Å². The minimum atomic E-state index is -0.347. The van der Waals surface area contributed by atoms with E-state index in [0.717, 1.165) is 5.56 Å². The Morgan fingerprint density at radius 2 is 1.96 bits per heavy atom. The number of carbonyl (C=O) groups is 1. The first-order chi connectivity index (χ1) is 13.2. The second kappa shape index (κ2) is 7.04. The molecule has 0 spiro atoms. The lowest BCUT2D eigenvalue weighted by molar-refractivity contribution is -0.111. The van der Waals surface area contributed by atoms with Crippen molar-refractivity contribution in [2.45, 2.75) is 0 Å². The quantitative estimate of drug-likeness (QED) is 0.542. The van der Waals surface area contributed by atoms with Gasteiger partial charge in [0.05, 0.1) is 11.1 Å². The zero-order chi connectivity index (χ0) is 18.6. The third kappa shape index (κ3) is 3.49. The van der Waals surface area contributed by atoms with E-state index < -0.39 is 0 Å². The first-order valence-electron chi connectivity index (χ1n) is 8.06. The summed E-state index contributed by atoms with van der Waals surface area (Å²) in [6.07, 6.45) is 3.11. The van der Waals surface area contributed by atoms with Gasteiger partial charge in [0.2, 0.25) is 11.7 Å². The predicted molar refractivity (Wildman–Crippen MR) is 99.8 cm³/mol. The number of anilines is 1. The van der Waals surface area contributed by atoms with Crippen LogP contribution in [0.4, 0.5) is 5.69 Å². The molecule has 0 aliphatic heterocycles. The van der Waals surface area contributed by atoms with Gasteiger partial charge in [-0.05, 0) is 34.2 Å². The Labute approximate surface area is 152 Å². The zero-order valence-corrected chi connectivity index (χ0v) is 13.9. The first kappa shape index (κ1) is 16.4. The van der Waals surface area contributed by atoms with Crippen LogP contribution >= 0.6 is 0 Å². The van der Waals surface area contributed by atoms with Crippen LogP contribution in [0.25, 0.3) is 28.6 Å². The first-order valence-corrected chi connectivity index (χ1v) is 8.06. The van der Waals surface area contributed by atoms with Gasteiger partial charge in [-0.1, -0.05) is 36.4 Å². The maximum atomic E-state index is 12.4. The molecule has 0 saturated heterocycles. The summed E-state index contributed by atoms with van der Waals surface area (Å²) in [5.74, 6) is 0.0545. The van der Waals surface area contributed by atoms with E-state index in [1.54, 1.807) is 24.3 Å². The van der Waals surface area contributed by atoms with Crippen LogP contribution in [0.15, 0.2) is 69.9 Å². The average Bonchev–Trinajstić information content (AvgIpc) is 3.23. The van der Waals surface area contributed by atoms with E-state index in [2.05, 4.69) is 25.9 Å². The molecule has 2 N–H and O–H groups in total. The highest BCUT2D eigenvalue weighted by atomic mass is 16.3. The lowest BCUT2D eigenvalue weighted by Gasteiger charge is -2.07. The standard InChI is InChI=1S/C19H13N5O3/c25-15-11-16(19-21-23-24-22-19)27-18-13(15)7-4-8-14(18)20-17(26)10-9-12-5-2-1-3-6-12/h1-11H,(H,20,26)(H,21,22,23,24)/b10-9+. The molecule has 132 valence electrons. The summed E-state index contributed by atoms with van der Waals surface area (Å²) in [6, 6.07) is 15.7. The van der Waals surface area contributed by atoms with Gasteiger partial charge in [0, 0.05) is 12.1 Å². The van der Waals surface area contributed by atoms with E-state index in [0.29, 0.717) is 11.1 Å². The van der Waals surface area contributed by atoms with Crippen molar-refractivity contribution < 1.29 is 9.21 Å². The normalized spacial score (nSPS) is 11.1. The van der Waals surface area contributed by atoms with E-state index in [1.165, 1.54) is 12.1 Å². The summed E-state index contributed by atoms with van der Waals surface area (Å²) < 4.78 is 5.77. The summed E-state index contributed by atoms with van der Waals surface area (Å²) in [5.41, 5.74) is 1.26. The van der Waals surface area contributed by atoms with Crippen LogP contribution in [-0.2, 0) is 4.79 Å². The summed E-state index contributed by atoms with van der Waals surface area (Å²) in [7, 11) is 0. The molecule has 0 fully saturated rings. The second-order valence-electron chi connectivity index (χ2n) is 5.64. The summed E-state index contributed by atoms with van der Waals surface area (Å²) in [4.78, 5) is 24.6. The number of hydrogen-bond acceptors (Lipinski definition) is 6. The molecule has 0 unspecified atom stereocenters. The predicted octanol–water partition coefficient (Wildman–Crippen LogP) is 2.62. The molecule has 0 atom stereocenters. The topological polar surface area (TPSA) is 114 Å². The second-order valence-corrected chi connectivity index (χ2v) is 5.64. The Kier molecular flexibility index (Phi) is 4.28. The lowest BCUT2D eigenvalue weighted by atomic mass is 10.2. The number of carbonyl (C=O) groups excluding carboxylic acids is 1. The molecule has 4 aromatic rings. The van der Waals surface area contributed by atoms with Crippen LogP contribution in [0, 0.1) is 0 Å². The largest absolute Gasteiger partial charge is 0.450 e. The highest BCUT2D eigenvalue weighted by Crippen LogP contribution is 2.25. The maximum Gasteiger partial charge on any atom is 0.248 e. The number of hydrogen-bond donors (Lipinski definition) is 2. The lowest BCUT2D eigenvalue weighted by Crippen LogP contribution is -2.09. The van der Waals surface area contributed by atoms with Crippen molar-refractivity contribution in [3.8, 4) is 11.6 Å². The van der Waals surface area contributed by atoms with Gasteiger partial charge >= 0.3 is 0 Å². The number of aromatic nitrogens is 4. The average molecular weight is 359 g/mol. The number of benzene rings is 2. The van der Waals surface area contributed by atoms with Crippen LogP contribution < -0.4 is 10.7 Å². The third-order valence-corrected chi connectivity index (χ3v) is 3.82. The van der Waals surface area contributed by atoms with Gasteiger partial charge in [0.1, 0.15) is 0 Å². The fraction of sp³-hybridized carbons (Fsp3) is 0. The van der Waals surface area contributed by atoms with Crippen molar-refractivity contribution >= 4 is 28.6 Å². The van der Waals surface area contributed by atoms with E-state index in [4.69, 9.17) is 4.42 Å². The van der Waals surface area contributed by atoms with Crippen LogP contribution in [0.2, 0.25) is 0 Å². The molecule has 2 aromatic carbocycles. The number of aromatic amines is 1. The Balaban J connectivity index is 1.68. The molecule has 8 nitrogen and oxygen atoms in total. The number of tetrazole rings is 1. The van der Waals surface area contributed by atoms with Crippen molar-refractivity contribution in [1.82, 2.24) is 20.6 Å². The number of rotatable bonds is 4. The fourth-order valence-electron chi connectivity index (χ4n) is 2.57. The van der Waals surface area contributed by atoms with Gasteiger partial charge in [-0.15, -0.1) is 5.10 Å². The van der Waals surface area contributed by atoms with E-state index in [1.807, 2.05) is 30.3 Å². The molecule has 0 saturated carbocycles. The molecular weight excluding hydrogens is 346 g/mol. The molecule has 0 aliphatic carbocycles. The molecule has 0 aliphatic rings. The Hall–Kier alpha value is -4.07. The molecule has 1 amide bonds. The number of fused-ring (bicyclic) bond motifs is 1. The van der Waals surface area contributed by atoms with Gasteiger partial charge < -0.3 is 9.73 Å². The SMILES string of the molecule is O=C(/C=C/c1ccccc1)Nc1cccc2c(=O)cc(-c3nnn[nH]3)oc12. The highest BCUT2D eigenvalue weighted by Gasteiger charge is 2.13. The minimum absolute atomic E-state index is 0.180.